The van der Waals surface area contributed by atoms with Crippen molar-refractivity contribution in [3.05, 3.63) is 12.7 Å². The van der Waals surface area contributed by atoms with Gasteiger partial charge < -0.3 is 5.32 Å². The Bertz CT molecular complexity index is 185. The summed E-state index contributed by atoms with van der Waals surface area (Å²) in [6.07, 6.45) is 6.09. The number of hydrogen-bond acceptors (Lipinski definition) is 1. The molecule has 0 rings (SSSR count). The molecule has 0 atom stereocenters. The molecule has 0 bridgehead atoms. The van der Waals surface area contributed by atoms with E-state index in [1.807, 2.05) is 0 Å². The van der Waals surface area contributed by atoms with Gasteiger partial charge in [0.15, 0.2) is 0 Å². The third-order valence-corrected chi connectivity index (χ3v) is 2.49. The lowest BCUT2D eigenvalue weighted by Gasteiger charge is -2.24. The van der Waals surface area contributed by atoms with Gasteiger partial charge >= 0.3 is 0 Å². The van der Waals surface area contributed by atoms with Crippen molar-refractivity contribution in [1.82, 2.24) is 5.32 Å². The van der Waals surface area contributed by atoms with E-state index in [1.54, 1.807) is 0 Å². The summed E-state index contributed by atoms with van der Waals surface area (Å²) in [4.78, 5) is 10.9. The van der Waals surface area contributed by atoms with Gasteiger partial charge in [0.1, 0.15) is 0 Å². The summed E-state index contributed by atoms with van der Waals surface area (Å²) in [6.45, 7) is 10.9. The van der Waals surface area contributed by atoms with Gasteiger partial charge in [0.2, 0.25) is 5.91 Å². The smallest absolute Gasteiger partial charge is 0.243 e. The molecule has 0 spiro atoms. The summed E-state index contributed by atoms with van der Waals surface area (Å²) in [5.74, 6) is -0.0729. The summed E-state index contributed by atoms with van der Waals surface area (Å²) in [5.41, 5.74) is 0.338. The minimum absolute atomic E-state index is 0.0729. The van der Waals surface area contributed by atoms with Crippen LogP contribution in [-0.2, 0) is 4.79 Å². The number of hydrogen-bond donors (Lipinski definition) is 1. The number of carbonyl (C=O) groups is 1. The molecule has 0 heterocycles. The molecule has 0 aromatic rings. The number of unbranched alkanes of at least 4 members (excludes halogenated alkanes) is 1. The SMILES string of the molecule is C=CC(=O)NCCC(C)(C)CCCC. The molecular weight excluding hydrogens is 174 g/mol. The fourth-order valence-corrected chi connectivity index (χ4v) is 1.38. The quantitative estimate of drug-likeness (QED) is 0.625. The molecular formula is C12H23NO. The van der Waals surface area contributed by atoms with Crippen molar-refractivity contribution in [2.24, 2.45) is 5.41 Å². The second kappa shape index (κ2) is 6.63. The van der Waals surface area contributed by atoms with E-state index < -0.39 is 0 Å². The molecule has 0 aromatic heterocycles. The van der Waals surface area contributed by atoms with Crippen LogP contribution in [0.15, 0.2) is 12.7 Å². The highest BCUT2D eigenvalue weighted by Gasteiger charge is 2.16. The fraction of sp³-hybridized carbons (Fsp3) is 0.750. The van der Waals surface area contributed by atoms with Crippen LogP contribution < -0.4 is 5.32 Å². The molecule has 0 unspecified atom stereocenters. The summed E-state index contributed by atoms with van der Waals surface area (Å²) < 4.78 is 0. The van der Waals surface area contributed by atoms with E-state index in [-0.39, 0.29) is 5.91 Å². The van der Waals surface area contributed by atoms with Crippen molar-refractivity contribution in [3.8, 4) is 0 Å². The van der Waals surface area contributed by atoms with E-state index in [9.17, 15) is 4.79 Å². The van der Waals surface area contributed by atoms with Crippen LogP contribution in [0.2, 0.25) is 0 Å². The van der Waals surface area contributed by atoms with Gasteiger partial charge in [-0.1, -0.05) is 40.2 Å². The van der Waals surface area contributed by atoms with Crippen LogP contribution in [0.3, 0.4) is 0 Å². The molecule has 0 saturated carbocycles. The van der Waals surface area contributed by atoms with Crippen molar-refractivity contribution in [1.29, 1.82) is 0 Å². The second-order valence-corrected chi connectivity index (χ2v) is 4.51. The van der Waals surface area contributed by atoms with E-state index in [0.29, 0.717) is 5.41 Å². The van der Waals surface area contributed by atoms with Crippen LogP contribution in [0.25, 0.3) is 0 Å². The Labute approximate surface area is 87.8 Å². The van der Waals surface area contributed by atoms with Crippen molar-refractivity contribution in [2.75, 3.05) is 6.54 Å². The Balaban J connectivity index is 3.64. The molecule has 1 amide bonds. The first-order valence-corrected chi connectivity index (χ1v) is 5.42. The van der Waals surface area contributed by atoms with Crippen LogP contribution in [0.1, 0.15) is 46.5 Å². The minimum atomic E-state index is -0.0729. The van der Waals surface area contributed by atoms with Crippen LogP contribution in [-0.4, -0.2) is 12.5 Å². The first kappa shape index (κ1) is 13.2. The van der Waals surface area contributed by atoms with Gasteiger partial charge in [0.05, 0.1) is 0 Å². The largest absolute Gasteiger partial charge is 0.353 e. The lowest BCUT2D eigenvalue weighted by Crippen LogP contribution is -2.26. The third-order valence-electron chi connectivity index (χ3n) is 2.49. The molecule has 82 valence electrons. The zero-order valence-corrected chi connectivity index (χ0v) is 9.73. The van der Waals surface area contributed by atoms with Crippen LogP contribution in [0.4, 0.5) is 0 Å². The van der Waals surface area contributed by atoms with E-state index in [4.69, 9.17) is 0 Å². The maximum atomic E-state index is 10.9. The maximum absolute atomic E-state index is 10.9. The number of rotatable bonds is 7. The van der Waals surface area contributed by atoms with Gasteiger partial charge in [0.25, 0.3) is 0 Å². The first-order chi connectivity index (χ1) is 6.52. The fourth-order valence-electron chi connectivity index (χ4n) is 1.38. The molecule has 14 heavy (non-hydrogen) atoms. The molecule has 0 radical (unpaired) electrons. The molecule has 0 fully saturated rings. The Morgan fingerprint density at radius 1 is 1.43 bits per heavy atom. The third kappa shape index (κ3) is 6.70. The lowest BCUT2D eigenvalue weighted by atomic mass is 9.84. The Kier molecular flexibility index (Phi) is 6.26. The van der Waals surface area contributed by atoms with Crippen LogP contribution >= 0.6 is 0 Å². The summed E-state index contributed by atoms with van der Waals surface area (Å²) >= 11 is 0. The highest BCUT2D eigenvalue weighted by Crippen LogP contribution is 2.26. The average molecular weight is 197 g/mol. The van der Waals surface area contributed by atoms with Crippen molar-refractivity contribution < 1.29 is 4.79 Å². The zero-order chi connectivity index (χ0) is 11.0. The van der Waals surface area contributed by atoms with E-state index in [1.165, 1.54) is 25.3 Å². The van der Waals surface area contributed by atoms with Gasteiger partial charge in [-0.2, -0.15) is 0 Å². The molecule has 0 aromatic carbocycles. The minimum Gasteiger partial charge on any atom is -0.353 e. The maximum Gasteiger partial charge on any atom is 0.243 e. The number of carbonyl (C=O) groups excluding carboxylic acids is 1. The van der Waals surface area contributed by atoms with Crippen molar-refractivity contribution in [3.63, 3.8) is 0 Å². The molecule has 2 heteroatoms. The van der Waals surface area contributed by atoms with Gasteiger partial charge in [-0.15, -0.1) is 0 Å². The highest BCUT2D eigenvalue weighted by molar-refractivity contribution is 5.86. The Hall–Kier alpha value is -0.790. The van der Waals surface area contributed by atoms with Gasteiger partial charge in [0, 0.05) is 6.54 Å². The zero-order valence-electron chi connectivity index (χ0n) is 9.73. The predicted molar refractivity (Wildman–Crippen MR) is 61.1 cm³/mol. The molecule has 0 saturated heterocycles. The lowest BCUT2D eigenvalue weighted by molar-refractivity contribution is -0.116. The normalized spacial score (nSPS) is 11.1. The Morgan fingerprint density at radius 2 is 2.07 bits per heavy atom. The summed E-state index contributed by atoms with van der Waals surface area (Å²) in [5, 5.41) is 2.81. The molecule has 1 N–H and O–H groups in total. The van der Waals surface area contributed by atoms with E-state index in [2.05, 4.69) is 32.7 Å². The highest BCUT2D eigenvalue weighted by atomic mass is 16.1. The van der Waals surface area contributed by atoms with Gasteiger partial charge in [-0.05, 0) is 24.3 Å². The molecule has 0 aliphatic heterocycles. The number of nitrogens with one attached hydrogen (secondary N) is 1. The number of amides is 1. The molecule has 0 aliphatic rings. The van der Waals surface area contributed by atoms with E-state index in [0.717, 1.165) is 13.0 Å². The molecule has 2 nitrogen and oxygen atoms in total. The summed E-state index contributed by atoms with van der Waals surface area (Å²) in [6, 6.07) is 0. The van der Waals surface area contributed by atoms with Crippen LogP contribution in [0, 0.1) is 5.41 Å². The molecule has 0 aliphatic carbocycles. The summed E-state index contributed by atoms with van der Waals surface area (Å²) in [7, 11) is 0. The monoisotopic (exact) mass is 197 g/mol. The van der Waals surface area contributed by atoms with Gasteiger partial charge in [-0.25, -0.2) is 0 Å². The standard InChI is InChI=1S/C12H23NO/c1-5-7-8-12(3,4)9-10-13-11(14)6-2/h6H,2,5,7-10H2,1,3-4H3,(H,13,14). The Morgan fingerprint density at radius 3 is 2.57 bits per heavy atom. The van der Waals surface area contributed by atoms with Crippen LogP contribution in [0.5, 0.6) is 0 Å². The van der Waals surface area contributed by atoms with Crippen molar-refractivity contribution >= 4 is 5.91 Å². The van der Waals surface area contributed by atoms with Crippen molar-refractivity contribution in [2.45, 2.75) is 46.5 Å². The average Bonchev–Trinajstić information content (AvgIpc) is 2.14. The second-order valence-electron chi connectivity index (χ2n) is 4.51. The topological polar surface area (TPSA) is 29.1 Å². The van der Waals surface area contributed by atoms with E-state index >= 15 is 0 Å². The van der Waals surface area contributed by atoms with Gasteiger partial charge in [-0.3, -0.25) is 4.79 Å². The predicted octanol–water partition coefficient (Wildman–Crippen LogP) is 2.90. The first-order valence-electron chi connectivity index (χ1n) is 5.42.